The molecule has 1 aliphatic heterocycles. The van der Waals surface area contributed by atoms with Gasteiger partial charge in [0.15, 0.2) is 0 Å². The van der Waals surface area contributed by atoms with E-state index in [4.69, 9.17) is 0 Å². The fourth-order valence-electron chi connectivity index (χ4n) is 0.535. The number of allylic oxidation sites excluding steroid dienone is 2. The van der Waals surface area contributed by atoms with E-state index in [0.717, 1.165) is 0 Å². The molecule has 0 N–H and O–H groups in total. The van der Waals surface area contributed by atoms with Gasteiger partial charge in [-0.3, -0.25) is 4.05 Å². The van der Waals surface area contributed by atoms with E-state index in [1.807, 2.05) is 6.08 Å². The first-order valence-corrected chi connectivity index (χ1v) is 2.77. The van der Waals surface area contributed by atoms with Gasteiger partial charge in [-0.2, -0.15) is 0 Å². The van der Waals surface area contributed by atoms with Crippen molar-refractivity contribution in [2.45, 2.75) is 0 Å². The number of nitrogens with zero attached hydrogens (tertiary/aromatic N) is 1. The molecule has 0 aromatic rings. The molecule has 2 nitrogen and oxygen atoms in total. The fraction of sp³-hybridized carbons (Fsp3) is 0.200. The van der Waals surface area contributed by atoms with Gasteiger partial charge < -0.3 is 5.21 Å². The fourth-order valence-corrected chi connectivity index (χ4v) is 0.707. The summed E-state index contributed by atoms with van der Waals surface area (Å²) < 4.78 is -0.573. The summed E-state index contributed by atoms with van der Waals surface area (Å²) in [6, 6.07) is 0. The molecule has 0 aromatic heterocycles. The van der Waals surface area contributed by atoms with Crippen LogP contribution in [0, 0.1) is 5.21 Å². The Labute approximate surface area is 82.2 Å². The third-order valence-corrected chi connectivity index (χ3v) is 1.23. The maximum Gasteiger partial charge on any atom is 1.00 e. The molecule has 4 heteroatoms. The molecule has 1 rings (SSSR count). The summed E-state index contributed by atoms with van der Waals surface area (Å²) in [7, 11) is 0. The van der Waals surface area contributed by atoms with Crippen LogP contribution < -0.4 is 29.6 Å². The number of hydrogen-bond acceptors (Lipinski definition) is 2. The van der Waals surface area contributed by atoms with Gasteiger partial charge in [0.05, 0.1) is 12.8 Å². The Bertz CT molecular complexity index is 144. The molecule has 0 aliphatic carbocycles. The molecule has 0 spiro atoms. The first kappa shape index (κ1) is 9.75. The van der Waals surface area contributed by atoms with E-state index in [-0.39, 0.29) is 29.6 Å². The summed E-state index contributed by atoms with van der Waals surface area (Å²) >= 11 is 3.76. The Morgan fingerprint density at radius 1 is 1.44 bits per heavy atom. The molecule has 9 heavy (non-hydrogen) atoms. The normalized spacial score (nSPS) is 31.8. The van der Waals surface area contributed by atoms with Gasteiger partial charge in [0.2, 0.25) is 0 Å². The van der Waals surface area contributed by atoms with Crippen molar-refractivity contribution in [3.8, 4) is 0 Å². The minimum absolute atomic E-state index is 0. The topological polar surface area (TPSA) is 23.1 Å². The smallest absolute Gasteiger partial charge is 0.615 e. The Hall–Kier alpha value is 0.750. The summed E-state index contributed by atoms with van der Waals surface area (Å²) in [5, 5.41) is 10.8. The predicted octanol–water partition coefficient (Wildman–Crippen LogP) is -1.77. The van der Waals surface area contributed by atoms with E-state index in [2.05, 4.69) is 12.8 Å². The first-order valence-electron chi connectivity index (χ1n) is 2.37. The van der Waals surface area contributed by atoms with Crippen LogP contribution in [-0.4, -0.2) is 10.6 Å². The van der Waals surface area contributed by atoms with E-state index in [1.54, 1.807) is 12.2 Å². The summed E-state index contributed by atoms with van der Waals surface area (Å²) in [6.07, 6.45) is 6.82. The molecule has 0 amide bonds. The van der Waals surface area contributed by atoms with Crippen molar-refractivity contribution in [2.75, 3.05) is 6.54 Å². The Kier molecular flexibility index (Phi) is 4.12. The van der Waals surface area contributed by atoms with Crippen LogP contribution in [0.1, 0.15) is 0 Å². The zero-order chi connectivity index (χ0) is 6.04. The summed E-state index contributed by atoms with van der Waals surface area (Å²) in [5.41, 5.74) is 0. The largest absolute Gasteiger partial charge is 1.00 e. The van der Waals surface area contributed by atoms with Crippen molar-refractivity contribution in [3.63, 3.8) is 0 Å². The van der Waals surface area contributed by atoms with E-state index in [1.165, 1.54) is 6.20 Å². The molecule has 44 valence electrons. The van der Waals surface area contributed by atoms with Crippen molar-refractivity contribution in [1.82, 2.24) is 0 Å². The standard InChI is InChI=1S/C5H7NOS.Na/c7-6(8)4-2-1-3-5-6;/h1-4,8H,5H2;/q;+1. The monoisotopic (exact) mass is 152 g/mol. The van der Waals surface area contributed by atoms with Crippen LogP contribution in [0.25, 0.3) is 0 Å². The Morgan fingerprint density at radius 3 is 2.33 bits per heavy atom. The molecule has 0 bridgehead atoms. The molecular weight excluding hydrogens is 145 g/mol. The SMILES string of the molecule is [Na+].[O-][N+]1(S)C=CC=CC1. The van der Waals surface area contributed by atoms with Crippen LogP contribution in [0.4, 0.5) is 0 Å². The number of thiol groups is 1. The second-order valence-corrected chi connectivity index (χ2v) is 2.38. The third-order valence-electron chi connectivity index (χ3n) is 0.933. The number of hydrogen-bond donors (Lipinski definition) is 1. The molecule has 1 atom stereocenters. The van der Waals surface area contributed by atoms with Crippen LogP contribution in [0.3, 0.4) is 0 Å². The summed E-state index contributed by atoms with van der Waals surface area (Å²) in [5.74, 6) is 0. The van der Waals surface area contributed by atoms with E-state index >= 15 is 0 Å². The second kappa shape index (κ2) is 3.81. The van der Waals surface area contributed by atoms with Gasteiger partial charge in [-0.25, -0.2) is 0 Å². The van der Waals surface area contributed by atoms with E-state index in [9.17, 15) is 5.21 Å². The van der Waals surface area contributed by atoms with Gasteiger partial charge in [-0.1, -0.05) is 6.08 Å². The van der Waals surface area contributed by atoms with E-state index in [0.29, 0.717) is 6.54 Å². The average molecular weight is 152 g/mol. The van der Waals surface area contributed by atoms with Crippen molar-refractivity contribution < 1.29 is 33.6 Å². The molecule has 1 unspecified atom stereocenters. The number of hydroxylamine groups is 2. The molecule has 1 aliphatic rings. The third kappa shape index (κ3) is 3.45. The van der Waals surface area contributed by atoms with Crippen molar-refractivity contribution in [2.24, 2.45) is 0 Å². The molecule has 0 saturated heterocycles. The molecule has 1 heterocycles. The average Bonchev–Trinajstić information content (AvgIpc) is 1.65. The Balaban J connectivity index is 0.000000640. The van der Waals surface area contributed by atoms with Crippen LogP contribution in [0.2, 0.25) is 0 Å². The molecule has 0 aromatic carbocycles. The first-order chi connectivity index (χ1) is 3.71. The van der Waals surface area contributed by atoms with Gasteiger partial charge in [0, 0.05) is 0 Å². The van der Waals surface area contributed by atoms with Crippen LogP contribution in [-0.2, 0) is 0 Å². The molecular formula is C5H7NNaOS+. The number of rotatable bonds is 0. The zero-order valence-electron chi connectivity index (χ0n) is 5.32. The van der Waals surface area contributed by atoms with Crippen LogP contribution in [0.5, 0.6) is 0 Å². The minimum atomic E-state index is -0.573. The van der Waals surface area contributed by atoms with Gasteiger partial charge >= 0.3 is 29.6 Å². The van der Waals surface area contributed by atoms with Gasteiger partial charge in [0.25, 0.3) is 0 Å². The maximum absolute atomic E-state index is 10.8. The van der Waals surface area contributed by atoms with Crippen LogP contribution in [0.15, 0.2) is 24.4 Å². The molecule has 0 saturated carbocycles. The molecule has 0 radical (unpaired) electrons. The Morgan fingerprint density at radius 2 is 2.11 bits per heavy atom. The molecule has 0 fully saturated rings. The minimum Gasteiger partial charge on any atom is -0.615 e. The van der Waals surface area contributed by atoms with Crippen molar-refractivity contribution in [1.29, 1.82) is 0 Å². The zero-order valence-corrected chi connectivity index (χ0v) is 8.21. The number of quaternary nitrogens is 1. The van der Waals surface area contributed by atoms with Crippen LogP contribution >= 0.6 is 12.8 Å². The van der Waals surface area contributed by atoms with Gasteiger partial charge in [0.1, 0.15) is 12.7 Å². The quantitative estimate of drug-likeness (QED) is 0.189. The summed E-state index contributed by atoms with van der Waals surface area (Å²) in [4.78, 5) is 0. The summed E-state index contributed by atoms with van der Waals surface area (Å²) in [6.45, 7) is 0.430. The second-order valence-electron chi connectivity index (χ2n) is 1.71. The van der Waals surface area contributed by atoms with Crippen molar-refractivity contribution in [3.05, 3.63) is 29.6 Å². The predicted molar refractivity (Wildman–Crippen MR) is 35.8 cm³/mol. The van der Waals surface area contributed by atoms with Gasteiger partial charge in [-0.15, -0.1) is 0 Å². The van der Waals surface area contributed by atoms with Gasteiger partial charge in [-0.05, 0) is 12.2 Å². The maximum atomic E-state index is 10.8. The van der Waals surface area contributed by atoms with Crippen molar-refractivity contribution >= 4 is 12.8 Å². The van der Waals surface area contributed by atoms with E-state index < -0.39 is 4.05 Å².